The first-order valence-corrected chi connectivity index (χ1v) is 3.90. The maximum Gasteiger partial charge on any atom is 0.313 e. The van der Waals surface area contributed by atoms with Crippen molar-refractivity contribution in [1.82, 2.24) is 0 Å². The summed E-state index contributed by atoms with van der Waals surface area (Å²) in [7, 11) is 0. The maximum atomic E-state index is 11.9. The van der Waals surface area contributed by atoms with Crippen molar-refractivity contribution in [2.75, 3.05) is 0 Å². The lowest BCUT2D eigenvalue weighted by molar-refractivity contribution is 0.191. The highest BCUT2D eigenvalue weighted by Crippen LogP contribution is 2.25. The lowest BCUT2D eigenvalue weighted by Gasteiger charge is -2.10. The Kier molecular flexibility index (Phi) is 5.55. The van der Waals surface area contributed by atoms with Crippen LogP contribution >= 0.6 is 0 Å². The van der Waals surface area contributed by atoms with E-state index in [0.717, 1.165) is 12.8 Å². The molecule has 0 nitrogen and oxygen atoms in total. The van der Waals surface area contributed by atoms with E-state index in [2.05, 4.69) is 0 Å². The number of unbranched alkanes of at least 4 members (excludes halogenated alkanes) is 1. The molecule has 0 spiro atoms. The predicted octanol–water partition coefficient (Wildman–Crippen LogP) is 3.63. The lowest BCUT2D eigenvalue weighted by Crippen LogP contribution is -2.02. The zero-order valence-corrected chi connectivity index (χ0v) is 6.66. The maximum absolute atomic E-state index is 11.9. The molecule has 0 aliphatic rings. The Hall–Kier alpha value is -0.140. The van der Waals surface area contributed by atoms with Crippen LogP contribution in [0.4, 0.5) is 8.78 Å². The van der Waals surface area contributed by atoms with Crippen molar-refractivity contribution >= 4 is 0 Å². The van der Waals surface area contributed by atoms with Crippen LogP contribution in [0.15, 0.2) is 0 Å². The third-order valence-electron chi connectivity index (χ3n) is 1.71. The van der Waals surface area contributed by atoms with Gasteiger partial charge in [0.2, 0.25) is 0 Å². The van der Waals surface area contributed by atoms with Crippen molar-refractivity contribution in [3.63, 3.8) is 0 Å². The smallest absolute Gasteiger partial charge is 0.200 e. The highest BCUT2D eigenvalue weighted by Gasteiger charge is 2.18. The molecule has 2 heteroatoms. The molecule has 1 unspecified atom stereocenters. The molecule has 0 heterocycles. The standard InChI is InChI=1S/C8H15F2/c1-3-5-6-7(4-2)8(9)10/h7H,3-6H2,1-2H3. The highest BCUT2D eigenvalue weighted by molar-refractivity contribution is 4.72. The molecule has 0 aliphatic carbocycles. The van der Waals surface area contributed by atoms with E-state index in [1.54, 1.807) is 6.92 Å². The van der Waals surface area contributed by atoms with Crippen molar-refractivity contribution < 1.29 is 8.78 Å². The van der Waals surface area contributed by atoms with Gasteiger partial charge >= 0.3 is 6.43 Å². The molecule has 0 aromatic carbocycles. The summed E-state index contributed by atoms with van der Waals surface area (Å²) in [6.07, 6.45) is 1.74. The second-order valence-electron chi connectivity index (χ2n) is 2.54. The summed E-state index contributed by atoms with van der Waals surface area (Å²) < 4.78 is 23.9. The molecular weight excluding hydrogens is 134 g/mol. The van der Waals surface area contributed by atoms with E-state index in [-0.39, 0.29) is 0 Å². The first-order chi connectivity index (χ1) is 4.72. The Morgan fingerprint density at radius 3 is 2.20 bits per heavy atom. The number of hydrogen-bond acceptors (Lipinski definition) is 0. The van der Waals surface area contributed by atoms with Crippen LogP contribution in [-0.4, -0.2) is 0 Å². The first kappa shape index (κ1) is 9.86. The zero-order valence-electron chi connectivity index (χ0n) is 6.66. The second-order valence-corrected chi connectivity index (χ2v) is 2.54. The molecule has 10 heavy (non-hydrogen) atoms. The van der Waals surface area contributed by atoms with Crippen LogP contribution in [0.5, 0.6) is 0 Å². The van der Waals surface area contributed by atoms with E-state index in [4.69, 9.17) is 0 Å². The summed E-state index contributed by atoms with van der Waals surface area (Å²) in [6.45, 7) is 3.82. The number of rotatable bonds is 5. The van der Waals surface area contributed by atoms with E-state index in [1.807, 2.05) is 6.92 Å². The molecule has 0 N–H and O–H groups in total. The molecule has 0 aliphatic heterocycles. The van der Waals surface area contributed by atoms with Gasteiger partial charge in [0.25, 0.3) is 0 Å². The fourth-order valence-corrected chi connectivity index (χ4v) is 0.918. The van der Waals surface area contributed by atoms with Gasteiger partial charge in [0, 0.05) is 5.92 Å². The monoisotopic (exact) mass is 149 g/mol. The molecule has 0 fully saturated rings. The average Bonchev–Trinajstić information content (AvgIpc) is 1.89. The van der Waals surface area contributed by atoms with Crippen LogP contribution in [-0.2, 0) is 0 Å². The minimum atomic E-state index is -1.39. The van der Waals surface area contributed by atoms with E-state index < -0.39 is 12.3 Å². The molecule has 0 aromatic rings. The molecule has 1 radical (unpaired) electrons. The average molecular weight is 149 g/mol. The quantitative estimate of drug-likeness (QED) is 0.560. The van der Waals surface area contributed by atoms with Crippen molar-refractivity contribution in [3.8, 4) is 0 Å². The molecule has 61 valence electrons. The molecule has 0 saturated heterocycles. The summed E-state index contributed by atoms with van der Waals surface area (Å²) in [5.74, 6) is -0.444. The topological polar surface area (TPSA) is 0 Å². The highest BCUT2D eigenvalue weighted by atomic mass is 19.3. The molecule has 0 saturated carbocycles. The minimum Gasteiger partial charge on any atom is -0.200 e. The normalized spacial score (nSPS) is 14.1. The van der Waals surface area contributed by atoms with E-state index in [9.17, 15) is 8.78 Å². The summed E-state index contributed by atoms with van der Waals surface area (Å²) in [6, 6.07) is 0. The Balaban J connectivity index is 3.40. The van der Waals surface area contributed by atoms with Gasteiger partial charge in [0.1, 0.15) is 0 Å². The van der Waals surface area contributed by atoms with E-state index >= 15 is 0 Å². The van der Waals surface area contributed by atoms with Gasteiger partial charge in [-0.2, -0.15) is 8.78 Å². The summed E-state index contributed by atoms with van der Waals surface area (Å²) in [5, 5.41) is 0. The van der Waals surface area contributed by atoms with Gasteiger partial charge in [-0.05, 0) is 12.8 Å². The molecular formula is C8H15F2. The Morgan fingerprint density at radius 2 is 1.90 bits per heavy atom. The van der Waals surface area contributed by atoms with E-state index in [0.29, 0.717) is 12.8 Å². The summed E-state index contributed by atoms with van der Waals surface area (Å²) in [5.41, 5.74) is 0. The number of hydrogen-bond donors (Lipinski definition) is 0. The van der Waals surface area contributed by atoms with Gasteiger partial charge in [0.05, 0.1) is 0 Å². The molecule has 0 amide bonds. The van der Waals surface area contributed by atoms with Crippen LogP contribution < -0.4 is 0 Å². The van der Waals surface area contributed by atoms with Gasteiger partial charge in [-0.15, -0.1) is 0 Å². The molecule has 0 rings (SSSR count). The largest absolute Gasteiger partial charge is 0.313 e. The first-order valence-electron chi connectivity index (χ1n) is 3.90. The second kappa shape index (κ2) is 5.63. The number of halogens is 2. The predicted molar refractivity (Wildman–Crippen MR) is 38.8 cm³/mol. The molecule has 1 atom stereocenters. The fraction of sp³-hybridized carbons (Fsp3) is 0.875. The van der Waals surface area contributed by atoms with Crippen LogP contribution in [0.3, 0.4) is 0 Å². The van der Waals surface area contributed by atoms with Crippen molar-refractivity contribution in [3.05, 3.63) is 6.43 Å². The zero-order chi connectivity index (χ0) is 7.98. The lowest BCUT2D eigenvalue weighted by atomic mass is 10.0. The Labute approximate surface area is 61.6 Å². The van der Waals surface area contributed by atoms with Gasteiger partial charge in [-0.1, -0.05) is 26.7 Å². The van der Waals surface area contributed by atoms with Gasteiger partial charge in [-0.3, -0.25) is 0 Å². The van der Waals surface area contributed by atoms with Crippen molar-refractivity contribution in [2.45, 2.75) is 39.5 Å². The third-order valence-corrected chi connectivity index (χ3v) is 1.71. The Bertz CT molecular complexity index is 71.7. The SMILES string of the molecule is CCCCC(CC)[C](F)F. The minimum absolute atomic E-state index is 0.444. The van der Waals surface area contributed by atoms with Gasteiger partial charge < -0.3 is 0 Å². The van der Waals surface area contributed by atoms with Crippen LogP contribution in [0.1, 0.15) is 39.5 Å². The molecule has 0 bridgehead atoms. The van der Waals surface area contributed by atoms with E-state index in [1.165, 1.54) is 0 Å². The summed E-state index contributed by atoms with van der Waals surface area (Å²) in [4.78, 5) is 0. The Morgan fingerprint density at radius 1 is 1.30 bits per heavy atom. The van der Waals surface area contributed by atoms with Crippen molar-refractivity contribution in [2.24, 2.45) is 5.92 Å². The third kappa shape index (κ3) is 3.80. The van der Waals surface area contributed by atoms with Crippen LogP contribution in [0.25, 0.3) is 0 Å². The fourth-order valence-electron chi connectivity index (χ4n) is 0.918. The molecule has 0 aromatic heterocycles. The summed E-state index contributed by atoms with van der Waals surface area (Å²) >= 11 is 0. The van der Waals surface area contributed by atoms with Crippen LogP contribution in [0, 0.1) is 12.3 Å². The van der Waals surface area contributed by atoms with Crippen molar-refractivity contribution in [1.29, 1.82) is 0 Å². The van der Waals surface area contributed by atoms with Gasteiger partial charge in [0.15, 0.2) is 0 Å². The van der Waals surface area contributed by atoms with Gasteiger partial charge in [-0.25, -0.2) is 0 Å². The van der Waals surface area contributed by atoms with Crippen LogP contribution in [0.2, 0.25) is 0 Å².